The molecule has 3 heterocycles. The summed E-state index contributed by atoms with van der Waals surface area (Å²) >= 11 is 0. The van der Waals surface area contributed by atoms with Gasteiger partial charge in [-0.1, -0.05) is 5.21 Å². The largest absolute Gasteiger partial charge is 0.494 e. The quantitative estimate of drug-likeness (QED) is 0.798. The summed E-state index contributed by atoms with van der Waals surface area (Å²) < 4.78 is 7.32. The summed E-state index contributed by atoms with van der Waals surface area (Å²) in [6, 6.07) is 5.57. The minimum absolute atomic E-state index is 0.0882. The molecule has 4 rings (SSSR count). The lowest BCUT2D eigenvalue weighted by Crippen LogP contribution is -2.30. The molecule has 1 aromatic carbocycles. The number of piperidine rings is 1. The van der Waals surface area contributed by atoms with Crippen molar-refractivity contribution in [3.8, 4) is 5.75 Å². The summed E-state index contributed by atoms with van der Waals surface area (Å²) in [7, 11) is 1.56. The first-order valence-electron chi connectivity index (χ1n) is 10.0. The maximum atomic E-state index is 12.8. The molecule has 0 spiro atoms. The highest BCUT2D eigenvalue weighted by atomic mass is 16.5. The van der Waals surface area contributed by atoms with Gasteiger partial charge in [0, 0.05) is 24.7 Å². The molecular weight excluding hydrogens is 372 g/mol. The highest BCUT2D eigenvalue weighted by molar-refractivity contribution is 6.04. The number of benzene rings is 1. The van der Waals surface area contributed by atoms with Crippen LogP contribution in [-0.2, 0) is 4.79 Å². The van der Waals surface area contributed by atoms with Gasteiger partial charge in [0.25, 0.3) is 5.91 Å². The molecule has 0 radical (unpaired) electrons. The monoisotopic (exact) mass is 398 g/mol. The second kappa shape index (κ2) is 8.20. The molecule has 0 unspecified atom stereocenters. The van der Waals surface area contributed by atoms with E-state index >= 15 is 0 Å². The van der Waals surface area contributed by atoms with Crippen molar-refractivity contribution in [2.75, 3.05) is 37.0 Å². The van der Waals surface area contributed by atoms with Crippen LogP contribution in [0.2, 0.25) is 0 Å². The Labute approximate surface area is 169 Å². The molecule has 2 amide bonds. The summed E-state index contributed by atoms with van der Waals surface area (Å²) in [6.45, 7) is 4.44. The van der Waals surface area contributed by atoms with Gasteiger partial charge in [-0.05, 0) is 51.4 Å². The van der Waals surface area contributed by atoms with Gasteiger partial charge in [0.15, 0.2) is 5.69 Å². The lowest BCUT2D eigenvalue weighted by Gasteiger charge is -2.23. The maximum absolute atomic E-state index is 12.8. The van der Waals surface area contributed by atoms with Gasteiger partial charge in [-0.2, -0.15) is 0 Å². The number of hydrogen-bond acceptors (Lipinski definition) is 6. The summed E-state index contributed by atoms with van der Waals surface area (Å²) in [5.41, 5.74) is 2.39. The van der Waals surface area contributed by atoms with Crippen LogP contribution in [0.3, 0.4) is 0 Å². The Morgan fingerprint density at radius 2 is 2.10 bits per heavy atom. The number of nitrogens with zero attached hydrogens (tertiary/aromatic N) is 4. The zero-order chi connectivity index (χ0) is 20.4. The van der Waals surface area contributed by atoms with Crippen LogP contribution in [0, 0.1) is 6.92 Å². The molecule has 2 saturated heterocycles. The van der Waals surface area contributed by atoms with Crippen molar-refractivity contribution < 1.29 is 14.3 Å². The first-order chi connectivity index (χ1) is 14.1. The SMILES string of the molecule is COc1cc(NC(=O)c2nnn(C3CCNCC3)c2C)ccc1N1CCCC1=O. The molecule has 0 saturated carbocycles. The molecule has 2 aliphatic heterocycles. The average Bonchev–Trinajstić information content (AvgIpc) is 3.34. The van der Waals surface area contributed by atoms with Gasteiger partial charge in [-0.15, -0.1) is 5.10 Å². The van der Waals surface area contributed by atoms with E-state index in [1.165, 1.54) is 0 Å². The van der Waals surface area contributed by atoms with Gasteiger partial charge in [0.2, 0.25) is 5.91 Å². The molecule has 2 aromatic rings. The Kier molecular flexibility index (Phi) is 5.48. The van der Waals surface area contributed by atoms with Crippen LogP contribution in [0.5, 0.6) is 5.75 Å². The molecule has 2 fully saturated rings. The number of carbonyl (C=O) groups is 2. The molecule has 1 aromatic heterocycles. The van der Waals surface area contributed by atoms with Gasteiger partial charge in [-0.3, -0.25) is 9.59 Å². The van der Waals surface area contributed by atoms with E-state index in [0.717, 1.165) is 43.7 Å². The van der Waals surface area contributed by atoms with Crippen LogP contribution in [0.4, 0.5) is 11.4 Å². The topological polar surface area (TPSA) is 101 Å². The number of anilines is 2. The van der Waals surface area contributed by atoms with Crippen molar-refractivity contribution in [2.45, 2.75) is 38.6 Å². The number of carbonyl (C=O) groups excluding carboxylic acids is 2. The minimum Gasteiger partial charge on any atom is -0.494 e. The Hall–Kier alpha value is -2.94. The molecule has 0 atom stereocenters. The van der Waals surface area contributed by atoms with Crippen LogP contribution in [0.15, 0.2) is 18.2 Å². The molecule has 9 nitrogen and oxygen atoms in total. The highest BCUT2D eigenvalue weighted by Gasteiger charge is 2.26. The van der Waals surface area contributed by atoms with Crippen LogP contribution < -0.4 is 20.3 Å². The standard InChI is InChI=1S/C20H26N6O3/c1-13-19(23-24-26(13)15-7-9-21-10-8-15)20(28)22-14-5-6-16(17(12-14)29-2)25-11-3-4-18(25)27/h5-6,12,15,21H,3-4,7-11H2,1-2H3,(H,22,28). The fourth-order valence-electron chi connectivity index (χ4n) is 4.02. The zero-order valence-corrected chi connectivity index (χ0v) is 16.8. The summed E-state index contributed by atoms with van der Waals surface area (Å²) in [5.74, 6) is 0.327. The van der Waals surface area contributed by atoms with Gasteiger partial charge in [0.05, 0.1) is 24.5 Å². The number of amides is 2. The van der Waals surface area contributed by atoms with Crippen LogP contribution >= 0.6 is 0 Å². The van der Waals surface area contributed by atoms with Crippen molar-refractivity contribution in [2.24, 2.45) is 0 Å². The third-order valence-electron chi connectivity index (χ3n) is 5.60. The first kappa shape index (κ1) is 19.4. The first-order valence-corrected chi connectivity index (χ1v) is 10.0. The molecule has 2 N–H and O–H groups in total. The van der Waals surface area contributed by atoms with Crippen molar-refractivity contribution >= 4 is 23.2 Å². The van der Waals surface area contributed by atoms with Crippen molar-refractivity contribution in [1.29, 1.82) is 0 Å². The second-order valence-corrected chi connectivity index (χ2v) is 7.44. The van der Waals surface area contributed by atoms with E-state index in [9.17, 15) is 9.59 Å². The Bertz CT molecular complexity index is 919. The van der Waals surface area contributed by atoms with Crippen molar-refractivity contribution in [1.82, 2.24) is 20.3 Å². The summed E-state index contributed by atoms with van der Waals surface area (Å²) in [4.78, 5) is 26.5. The average molecular weight is 398 g/mol. The fraction of sp³-hybridized carbons (Fsp3) is 0.500. The molecular formula is C20H26N6O3. The number of hydrogen-bond donors (Lipinski definition) is 2. The van der Waals surface area contributed by atoms with E-state index in [-0.39, 0.29) is 17.9 Å². The number of methoxy groups -OCH3 is 1. The third-order valence-corrected chi connectivity index (χ3v) is 5.60. The molecule has 0 aliphatic carbocycles. The number of nitrogens with one attached hydrogen (secondary N) is 2. The fourth-order valence-corrected chi connectivity index (χ4v) is 4.02. The van der Waals surface area contributed by atoms with E-state index in [1.807, 2.05) is 11.6 Å². The summed E-state index contributed by atoms with van der Waals surface area (Å²) in [6.07, 6.45) is 3.33. The number of ether oxygens (including phenoxy) is 1. The molecule has 0 bridgehead atoms. The smallest absolute Gasteiger partial charge is 0.278 e. The Morgan fingerprint density at radius 3 is 2.79 bits per heavy atom. The Morgan fingerprint density at radius 1 is 1.31 bits per heavy atom. The Balaban J connectivity index is 1.51. The van der Waals surface area contributed by atoms with Gasteiger partial charge >= 0.3 is 0 Å². The van der Waals surface area contributed by atoms with Gasteiger partial charge < -0.3 is 20.3 Å². The van der Waals surface area contributed by atoms with Crippen LogP contribution in [0.1, 0.15) is 47.9 Å². The van der Waals surface area contributed by atoms with Crippen molar-refractivity contribution in [3.05, 3.63) is 29.6 Å². The summed E-state index contributed by atoms with van der Waals surface area (Å²) in [5, 5.41) is 14.5. The minimum atomic E-state index is -0.310. The van der Waals surface area contributed by atoms with Gasteiger partial charge in [-0.25, -0.2) is 4.68 Å². The highest BCUT2D eigenvalue weighted by Crippen LogP contribution is 2.34. The molecule has 9 heteroatoms. The predicted octanol–water partition coefficient (Wildman–Crippen LogP) is 1.90. The van der Waals surface area contributed by atoms with E-state index in [4.69, 9.17) is 4.74 Å². The van der Waals surface area contributed by atoms with E-state index in [0.29, 0.717) is 30.1 Å². The molecule has 2 aliphatic rings. The number of aromatic nitrogens is 3. The zero-order valence-electron chi connectivity index (χ0n) is 16.8. The normalized spacial score (nSPS) is 17.6. The van der Waals surface area contributed by atoms with E-state index in [2.05, 4.69) is 20.9 Å². The predicted molar refractivity (Wildman–Crippen MR) is 108 cm³/mol. The maximum Gasteiger partial charge on any atom is 0.278 e. The molecule has 29 heavy (non-hydrogen) atoms. The van der Waals surface area contributed by atoms with Crippen LogP contribution in [-0.4, -0.2) is 53.6 Å². The van der Waals surface area contributed by atoms with Crippen LogP contribution in [0.25, 0.3) is 0 Å². The van der Waals surface area contributed by atoms with E-state index in [1.54, 1.807) is 30.2 Å². The molecule has 154 valence electrons. The van der Waals surface area contributed by atoms with Gasteiger partial charge in [0.1, 0.15) is 5.75 Å². The van der Waals surface area contributed by atoms with E-state index < -0.39 is 0 Å². The third kappa shape index (κ3) is 3.82. The van der Waals surface area contributed by atoms with Crippen molar-refractivity contribution in [3.63, 3.8) is 0 Å². The number of rotatable bonds is 5. The lowest BCUT2D eigenvalue weighted by atomic mass is 10.1. The second-order valence-electron chi connectivity index (χ2n) is 7.44. The lowest BCUT2D eigenvalue weighted by molar-refractivity contribution is -0.117.